The number of aliphatic hydroxyl groups is 2. The number of ether oxygens (including phenoxy) is 2. The second kappa shape index (κ2) is 6.34. The van der Waals surface area contributed by atoms with Gasteiger partial charge in [-0.2, -0.15) is 0 Å². The molecule has 2 saturated carbocycles. The third-order valence-electron chi connectivity index (χ3n) is 8.29. The highest BCUT2D eigenvalue weighted by Crippen LogP contribution is 2.65. The van der Waals surface area contributed by atoms with Crippen LogP contribution in [0, 0.1) is 5.92 Å². The first-order valence-electron chi connectivity index (χ1n) is 11.3. The van der Waals surface area contributed by atoms with Crippen molar-refractivity contribution < 1.29 is 29.6 Å². The van der Waals surface area contributed by atoms with Crippen molar-refractivity contribution in [1.82, 2.24) is 4.90 Å². The number of carbonyl (C=O) groups is 1. The molecule has 1 saturated heterocycles. The summed E-state index contributed by atoms with van der Waals surface area (Å²) in [5, 5.41) is 32.1. The number of hydrogen-bond acceptors (Lipinski definition) is 6. The van der Waals surface area contributed by atoms with Gasteiger partial charge in [0.2, 0.25) is 0 Å². The lowest BCUT2D eigenvalue weighted by molar-refractivity contribution is -0.208. The standard InChI is InChI=1S/C23H29NO6/c25-15-5-7-23(28)17-11-14-3-4-16(29-10-6-18(26)27)20-19(14)22(23,21(15)30-20)8-9-24(17)12-13-1-2-13/h3-4,13,15,17,21,25,28H,1-2,5-12H2,(H,26,27)/t15?,17-,21+,22+,23-/m0/s1. The van der Waals surface area contributed by atoms with Gasteiger partial charge < -0.3 is 24.8 Å². The topological polar surface area (TPSA) is 99.5 Å². The van der Waals surface area contributed by atoms with Gasteiger partial charge >= 0.3 is 5.97 Å². The van der Waals surface area contributed by atoms with Crippen molar-refractivity contribution in [1.29, 1.82) is 0 Å². The van der Waals surface area contributed by atoms with Gasteiger partial charge in [-0.15, -0.1) is 0 Å². The van der Waals surface area contributed by atoms with E-state index in [1.54, 1.807) is 0 Å². The number of nitrogens with zero attached hydrogens (tertiary/aromatic N) is 1. The molecule has 5 atom stereocenters. The van der Waals surface area contributed by atoms with E-state index in [0.29, 0.717) is 24.3 Å². The highest BCUT2D eigenvalue weighted by molar-refractivity contribution is 5.67. The molecule has 7 heteroatoms. The summed E-state index contributed by atoms with van der Waals surface area (Å²) in [6.07, 6.45) is 3.99. The minimum absolute atomic E-state index is 0.0441. The number of benzene rings is 1. The quantitative estimate of drug-likeness (QED) is 0.647. The molecule has 1 spiro atoms. The summed E-state index contributed by atoms with van der Waals surface area (Å²) in [7, 11) is 0. The zero-order valence-electron chi connectivity index (χ0n) is 17.0. The van der Waals surface area contributed by atoms with Crippen molar-refractivity contribution in [2.24, 2.45) is 5.92 Å². The Hall–Kier alpha value is -1.83. The number of carboxylic acid groups (broad SMARTS) is 1. The van der Waals surface area contributed by atoms with E-state index < -0.39 is 29.2 Å². The van der Waals surface area contributed by atoms with E-state index in [0.717, 1.165) is 37.4 Å². The lowest BCUT2D eigenvalue weighted by Gasteiger charge is -2.63. The third kappa shape index (κ3) is 2.40. The predicted octanol–water partition coefficient (Wildman–Crippen LogP) is 1.47. The van der Waals surface area contributed by atoms with Crippen LogP contribution in [0.15, 0.2) is 12.1 Å². The van der Waals surface area contributed by atoms with E-state index in [1.807, 2.05) is 6.07 Å². The van der Waals surface area contributed by atoms with Gasteiger partial charge in [-0.3, -0.25) is 9.69 Å². The molecule has 3 aliphatic carbocycles. The average Bonchev–Trinajstić information content (AvgIpc) is 3.44. The molecule has 0 amide bonds. The number of aliphatic hydroxyl groups excluding tert-OH is 1. The molecular weight excluding hydrogens is 386 g/mol. The smallest absolute Gasteiger partial charge is 0.306 e. The van der Waals surface area contributed by atoms with Crippen LogP contribution in [0.4, 0.5) is 0 Å². The number of hydrogen-bond donors (Lipinski definition) is 3. The fourth-order valence-electron chi connectivity index (χ4n) is 6.81. The lowest BCUT2D eigenvalue weighted by atomic mass is 9.48. The Morgan fingerprint density at radius 1 is 1.27 bits per heavy atom. The second-order valence-electron chi connectivity index (χ2n) is 9.87. The van der Waals surface area contributed by atoms with E-state index >= 15 is 0 Å². The first-order chi connectivity index (χ1) is 14.4. The summed E-state index contributed by atoms with van der Waals surface area (Å²) >= 11 is 0. The van der Waals surface area contributed by atoms with Crippen molar-refractivity contribution in [2.75, 3.05) is 19.7 Å². The van der Waals surface area contributed by atoms with Crippen LogP contribution in [-0.2, 0) is 16.6 Å². The fraction of sp³-hybridized carbons (Fsp3) is 0.696. The third-order valence-corrected chi connectivity index (χ3v) is 8.29. The molecule has 0 radical (unpaired) electrons. The maximum atomic E-state index is 12.2. The van der Waals surface area contributed by atoms with Crippen LogP contribution in [0.25, 0.3) is 0 Å². The summed E-state index contributed by atoms with van der Waals surface area (Å²) in [4.78, 5) is 13.4. The zero-order valence-corrected chi connectivity index (χ0v) is 17.0. The minimum Gasteiger partial charge on any atom is -0.489 e. The molecule has 3 N–H and O–H groups in total. The van der Waals surface area contributed by atoms with Crippen molar-refractivity contribution in [3.63, 3.8) is 0 Å². The Labute approximate surface area is 175 Å². The molecule has 1 aromatic rings. The molecule has 1 unspecified atom stereocenters. The van der Waals surface area contributed by atoms with Crippen molar-refractivity contribution in [2.45, 2.75) is 74.2 Å². The Morgan fingerprint density at radius 2 is 2.10 bits per heavy atom. The summed E-state index contributed by atoms with van der Waals surface area (Å²) < 4.78 is 12.2. The SMILES string of the molecule is O=C(O)CCOc1ccc2c3c1O[C@@H]1C(O)CC[C@]4(O)[C@H](C2)N(CC2CC2)CC[C@@]314. The van der Waals surface area contributed by atoms with E-state index in [4.69, 9.17) is 14.6 Å². The Balaban J connectivity index is 1.44. The van der Waals surface area contributed by atoms with Crippen LogP contribution in [0.3, 0.4) is 0 Å². The van der Waals surface area contributed by atoms with E-state index in [2.05, 4.69) is 11.0 Å². The molecule has 7 nitrogen and oxygen atoms in total. The van der Waals surface area contributed by atoms with Crippen LogP contribution < -0.4 is 9.47 Å². The molecule has 6 rings (SSSR count). The molecule has 30 heavy (non-hydrogen) atoms. The van der Waals surface area contributed by atoms with E-state index in [1.165, 1.54) is 18.4 Å². The summed E-state index contributed by atoms with van der Waals surface area (Å²) in [5.41, 5.74) is 0.623. The van der Waals surface area contributed by atoms with Crippen molar-refractivity contribution in [3.8, 4) is 11.5 Å². The van der Waals surface area contributed by atoms with Gasteiger partial charge in [-0.25, -0.2) is 0 Å². The number of carboxylic acids is 1. The summed E-state index contributed by atoms with van der Waals surface area (Å²) in [6.45, 7) is 2.02. The molecule has 1 aromatic carbocycles. The summed E-state index contributed by atoms with van der Waals surface area (Å²) in [6, 6.07) is 3.96. The highest BCUT2D eigenvalue weighted by Gasteiger charge is 2.73. The minimum atomic E-state index is -0.929. The second-order valence-corrected chi connectivity index (χ2v) is 9.87. The molecular formula is C23H29NO6. The molecule has 162 valence electrons. The molecule has 2 aliphatic heterocycles. The van der Waals surface area contributed by atoms with Gasteiger partial charge in [0.05, 0.1) is 30.1 Å². The summed E-state index contributed by atoms with van der Waals surface area (Å²) in [5.74, 6) is 0.978. The Kier molecular flexibility index (Phi) is 4.00. The van der Waals surface area contributed by atoms with E-state index in [9.17, 15) is 15.0 Å². The number of aliphatic carboxylic acids is 1. The average molecular weight is 415 g/mol. The highest BCUT2D eigenvalue weighted by atomic mass is 16.5. The number of likely N-dealkylation sites (tertiary alicyclic amines) is 1. The normalized spacial score (nSPS) is 38.7. The largest absolute Gasteiger partial charge is 0.489 e. The predicted molar refractivity (Wildman–Crippen MR) is 107 cm³/mol. The van der Waals surface area contributed by atoms with Crippen LogP contribution in [0.2, 0.25) is 0 Å². The van der Waals surface area contributed by atoms with Gasteiger partial charge in [-0.1, -0.05) is 6.07 Å². The number of rotatable bonds is 6. The van der Waals surface area contributed by atoms with Crippen LogP contribution in [0.5, 0.6) is 11.5 Å². The van der Waals surface area contributed by atoms with Gasteiger partial charge in [0.15, 0.2) is 11.5 Å². The number of piperidine rings is 1. The van der Waals surface area contributed by atoms with Crippen LogP contribution >= 0.6 is 0 Å². The maximum Gasteiger partial charge on any atom is 0.306 e. The first-order valence-corrected chi connectivity index (χ1v) is 11.3. The Morgan fingerprint density at radius 3 is 2.87 bits per heavy atom. The van der Waals surface area contributed by atoms with Crippen LogP contribution in [0.1, 0.15) is 49.7 Å². The van der Waals surface area contributed by atoms with Gasteiger partial charge in [0, 0.05) is 18.2 Å². The molecule has 2 heterocycles. The van der Waals surface area contributed by atoms with Gasteiger partial charge in [-0.05, 0) is 62.6 Å². The fourth-order valence-corrected chi connectivity index (χ4v) is 6.81. The molecule has 5 aliphatic rings. The zero-order chi connectivity index (χ0) is 20.7. The molecule has 0 aromatic heterocycles. The van der Waals surface area contributed by atoms with E-state index in [-0.39, 0.29) is 19.1 Å². The maximum absolute atomic E-state index is 12.2. The molecule has 2 bridgehead atoms. The first kappa shape index (κ1) is 18.9. The molecule has 3 fully saturated rings. The van der Waals surface area contributed by atoms with Crippen molar-refractivity contribution in [3.05, 3.63) is 23.3 Å². The van der Waals surface area contributed by atoms with Crippen LogP contribution in [-0.4, -0.2) is 69.7 Å². The van der Waals surface area contributed by atoms with Gasteiger partial charge in [0.1, 0.15) is 6.10 Å². The Bertz CT molecular complexity index is 900. The van der Waals surface area contributed by atoms with Crippen molar-refractivity contribution >= 4 is 5.97 Å². The lowest BCUT2D eigenvalue weighted by Crippen LogP contribution is -2.77. The monoisotopic (exact) mass is 415 g/mol. The van der Waals surface area contributed by atoms with Gasteiger partial charge in [0.25, 0.3) is 0 Å².